The maximum Gasteiger partial charge on any atom is 0.327 e. The van der Waals surface area contributed by atoms with Crippen molar-refractivity contribution in [3.63, 3.8) is 0 Å². The van der Waals surface area contributed by atoms with E-state index in [0.717, 1.165) is 17.8 Å². The van der Waals surface area contributed by atoms with Crippen molar-refractivity contribution in [2.24, 2.45) is 0 Å². The van der Waals surface area contributed by atoms with Crippen LogP contribution in [0, 0.1) is 0 Å². The van der Waals surface area contributed by atoms with E-state index >= 15 is 0 Å². The maximum absolute atomic E-state index is 10.8. The highest BCUT2D eigenvalue weighted by Gasteiger charge is 2.19. The molecule has 0 heterocycles. The summed E-state index contributed by atoms with van der Waals surface area (Å²) in [6, 6.07) is -1.04. The van der Waals surface area contributed by atoms with Gasteiger partial charge in [0.2, 0.25) is 11.0 Å². The highest BCUT2D eigenvalue weighted by atomic mass is 32.2. The first-order valence-electron chi connectivity index (χ1n) is 3.76. The van der Waals surface area contributed by atoms with Gasteiger partial charge in [0.25, 0.3) is 0 Å². The molecule has 2 N–H and O–H groups in total. The lowest BCUT2D eigenvalue weighted by Crippen LogP contribution is -2.41. The molecular formula is C8H11NO4S. The normalized spacial score (nSPS) is 11.5. The third-order valence-electron chi connectivity index (χ3n) is 1.23. The second kappa shape index (κ2) is 6.20. The van der Waals surface area contributed by atoms with Crippen LogP contribution in [-0.2, 0) is 14.4 Å². The zero-order valence-electron chi connectivity index (χ0n) is 7.65. The first-order chi connectivity index (χ1) is 6.47. The van der Waals surface area contributed by atoms with Crippen molar-refractivity contribution in [2.75, 3.05) is 5.75 Å². The van der Waals surface area contributed by atoms with Crippen molar-refractivity contribution in [1.29, 1.82) is 0 Å². The Bertz CT molecular complexity index is 264. The van der Waals surface area contributed by atoms with Gasteiger partial charge in [-0.25, -0.2) is 4.79 Å². The van der Waals surface area contributed by atoms with Crippen molar-refractivity contribution in [3.8, 4) is 0 Å². The van der Waals surface area contributed by atoms with E-state index in [2.05, 4.69) is 11.9 Å². The van der Waals surface area contributed by atoms with E-state index in [4.69, 9.17) is 5.11 Å². The smallest absolute Gasteiger partial charge is 0.327 e. The topological polar surface area (TPSA) is 83.5 Å². The highest BCUT2D eigenvalue weighted by molar-refractivity contribution is 8.14. The number of nitrogens with one attached hydrogen (secondary N) is 1. The fourth-order valence-corrected chi connectivity index (χ4v) is 1.32. The number of hydrogen-bond acceptors (Lipinski definition) is 4. The zero-order valence-corrected chi connectivity index (χ0v) is 8.47. The molecule has 78 valence electrons. The Morgan fingerprint density at radius 2 is 2.14 bits per heavy atom. The van der Waals surface area contributed by atoms with Crippen LogP contribution in [0.1, 0.15) is 6.92 Å². The number of rotatable bonds is 5. The van der Waals surface area contributed by atoms with Gasteiger partial charge in [-0.1, -0.05) is 18.3 Å². The summed E-state index contributed by atoms with van der Waals surface area (Å²) in [6.45, 7) is 4.46. The third kappa shape index (κ3) is 5.36. The summed E-state index contributed by atoms with van der Waals surface area (Å²) in [4.78, 5) is 31.9. The molecule has 6 heteroatoms. The summed E-state index contributed by atoms with van der Waals surface area (Å²) >= 11 is 0.802. The number of carboxylic acid groups (broad SMARTS) is 1. The molecule has 1 unspecified atom stereocenters. The molecular weight excluding hydrogens is 206 g/mol. The fourth-order valence-electron chi connectivity index (χ4n) is 0.644. The number of carbonyl (C=O) groups is 3. The van der Waals surface area contributed by atoms with Gasteiger partial charge in [0.15, 0.2) is 0 Å². The summed E-state index contributed by atoms with van der Waals surface area (Å²) < 4.78 is 0. The average molecular weight is 217 g/mol. The number of carbonyl (C=O) groups excluding carboxylic acids is 2. The molecule has 0 saturated heterocycles. The standard InChI is InChI=1S/C8H11NO4S/c1-3-7(11)14-4-6(8(12)13)9-5(2)10/h3,6H,1,4H2,2H3,(H,9,10)(H,12,13). The van der Waals surface area contributed by atoms with Gasteiger partial charge in [0, 0.05) is 12.7 Å². The van der Waals surface area contributed by atoms with Crippen LogP contribution in [0.25, 0.3) is 0 Å². The lowest BCUT2D eigenvalue weighted by molar-refractivity contribution is -0.140. The largest absolute Gasteiger partial charge is 0.480 e. The summed E-state index contributed by atoms with van der Waals surface area (Å²) in [6.07, 6.45) is 1.09. The molecule has 0 saturated carbocycles. The molecule has 0 aromatic carbocycles. The average Bonchev–Trinajstić information content (AvgIpc) is 2.10. The van der Waals surface area contributed by atoms with Crippen molar-refractivity contribution in [3.05, 3.63) is 12.7 Å². The molecule has 5 nitrogen and oxygen atoms in total. The number of amides is 1. The van der Waals surface area contributed by atoms with Gasteiger partial charge in [-0.05, 0) is 6.08 Å². The van der Waals surface area contributed by atoms with E-state index in [1.807, 2.05) is 0 Å². The van der Waals surface area contributed by atoms with E-state index < -0.39 is 17.9 Å². The molecule has 0 aliphatic rings. The Labute approximate surface area is 85.6 Å². The minimum atomic E-state index is -1.16. The molecule has 0 aromatic heterocycles. The van der Waals surface area contributed by atoms with E-state index in [1.165, 1.54) is 6.92 Å². The monoisotopic (exact) mass is 217 g/mol. The van der Waals surface area contributed by atoms with Crippen LogP contribution in [-0.4, -0.2) is 33.9 Å². The summed E-state index contributed by atoms with van der Waals surface area (Å²) in [5.74, 6) is -1.60. The van der Waals surface area contributed by atoms with Gasteiger partial charge in [0.05, 0.1) is 0 Å². The van der Waals surface area contributed by atoms with Gasteiger partial charge in [-0.3, -0.25) is 9.59 Å². The van der Waals surface area contributed by atoms with Crippen LogP contribution in [0.15, 0.2) is 12.7 Å². The van der Waals surface area contributed by atoms with Crippen LogP contribution in [0.5, 0.6) is 0 Å². The second-order valence-corrected chi connectivity index (χ2v) is 3.45. The predicted octanol–water partition coefficient (Wildman–Crippen LogP) is 0.0215. The maximum atomic E-state index is 10.8. The van der Waals surface area contributed by atoms with Gasteiger partial charge >= 0.3 is 5.97 Å². The van der Waals surface area contributed by atoms with Gasteiger partial charge < -0.3 is 10.4 Å². The van der Waals surface area contributed by atoms with Crippen molar-refractivity contribution in [1.82, 2.24) is 5.32 Å². The number of carboxylic acids is 1. The van der Waals surface area contributed by atoms with Crippen molar-refractivity contribution in [2.45, 2.75) is 13.0 Å². The fraction of sp³-hybridized carbons (Fsp3) is 0.375. The molecule has 0 bridgehead atoms. The molecule has 0 aliphatic heterocycles. The first-order valence-corrected chi connectivity index (χ1v) is 4.75. The minimum absolute atomic E-state index is 0.000231. The lowest BCUT2D eigenvalue weighted by atomic mass is 10.3. The Hall–Kier alpha value is -1.30. The first kappa shape index (κ1) is 12.7. The number of hydrogen-bond donors (Lipinski definition) is 2. The SMILES string of the molecule is C=CC(=O)SCC(NC(C)=O)C(=O)O. The second-order valence-electron chi connectivity index (χ2n) is 2.43. The molecule has 0 spiro atoms. The molecule has 0 fully saturated rings. The van der Waals surface area contributed by atoms with Crippen LogP contribution in [0.2, 0.25) is 0 Å². The third-order valence-corrected chi connectivity index (χ3v) is 2.19. The Morgan fingerprint density at radius 3 is 2.50 bits per heavy atom. The Kier molecular flexibility index (Phi) is 5.62. The Morgan fingerprint density at radius 1 is 1.57 bits per heavy atom. The molecule has 14 heavy (non-hydrogen) atoms. The minimum Gasteiger partial charge on any atom is -0.480 e. The Balaban J connectivity index is 4.10. The van der Waals surface area contributed by atoms with Gasteiger partial charge in [-0.15, -0.1) is 0 Å². The van der Waals surface area contributed by atoms with E-state index in [-0.39, 0.29) is 10.9 Å². The predicted molar refractivity (Wildman–Crippen MR) is 52.9 cm³/mol. The van der Waals surface area contributed by atoms with Crippen molar-refractivity contribution < 1.29 is 19.5 Å². The summed E-state index contributed by atoms with van der Waals surface area (Å²) in [7, 11) is 0. The van der Waals surface area contributed by atoms with Gasteiger partial charge in [0.1, 0.15) is 6.04 Å². The highest BCUT2D eigenvalue weighted by Crippen LogP contribution is 2.05. The number of aliphatic carboxylic acids is 1. The van der Waals surface area contributed by atoms with Crippen LogP contribution in [0.3, 0.4) is 0 Å². The molecule has 0 aliphatic carbocycles. The summed E-state index contributed by atoms with van der Waals surface area (Å²) in [5.41, 5.74) is 0. The lowest BCUT2D eigenvalue weighted by Gasteiger charge is -2.11. The molecule has 0 radical (unpaired) electrons. The summed E-state index contributed by atoms with van der Waals surface area (Å²) in [5, 5.41) is 10.5. The number of thioether (sulfide) groups is 1. The molecule has 1 amide bonds. The molecule has 0 aromatic rings. The quantitative estimate of drug-likeness (QED) is 0.634. The van der Waals surface area contributed by atoms with Crippen molar-refractivity contribution >= 4 is 28.8 Å². The van der Waals surface area contributed by atoms with Gasteiger partial charge in [-0.2, -0.15) is 0 Å². The van der Waals surface area contributed by atoms with Crippen LogP contribution >= 0.6 is 11.8 Å². The molecule has 1 atom stereocenters. The molecule has 0 rings (SSSR count). The van der Waals surface area contributed by atoms with Crippen LogP contribution < -0.4 is 5.32 Å². The van der Waals surface area contributed by atoms with E-state index in [9.17, 15) is 14.4 Å². The zero-order chi connectivity index (χ0) is 11.1. The van der Waals surface area contributed by atoms with E-state index in [0.29, 0.717) is 0 Å². The van der Waals surface area contributed by atoms with E-state index in [1.54, 1.807) is 0 Å². The van der Waals surface area contributed by atoms with Crippen LogP contribution in [0.4, 0.5) is 0 Å².